The summed E-state index contributed by atoms with van der Waals surface area (Å²) in [7, 11) is 0. The molecular weight excluding hydrogens is 191 g/mol. The second-order valence-corrected chi connectivity index (χ2v) is 2.28. The van der Waals surface area contributed by atoms with E-state index in [0.717, 1.165) is 6.07 Å². The lowest BCUT2D eigenvalue weighted by atomic mass is 10.3. The number of aromatic carboxylic acids is 1. The molecule has 0 atom stereocenters. The van der Waals surface area contributed by atoms with E-state index in [0.29, 0.717) is 0 Å². The molecule has 0 fully saturated rings. The molecule has 7 heteroatoms. The van der Waals surface area contributed by atoms with Gasteiger partial charge < -0.3 is 9.63 Å². The predicted octanol–water partition coefficient (Wildman–Crippen LogP) is 1.48. The molecule has 0 aliphatic heterocycles. The molecule has 0 aliphatic rings. The van der Waals surface area contributed by atoms with E-state index in [1.165, 1.54) is 0 Å². The number of carboxylic acid groups (broad SMARTS) is 1. The van der Waals surface area contributed by atoms with Crippen molar-refractivity contribution in [2.75, 3.05) is 0 Å². The Bertz CT molecular complexity index is 317. The van der Waals surface area contributed by atoms with Crippen LogP contribution in [0.1, 0.15) is 16.2 Å². The van der Waals surface area contributed by atoms with Crippen LogP contribution in [0.2, 0.25) is 0 Å². The Balaban J connectivity index is 2.75. The van der Waals surface area contributed by atoms with E-state index in [1.54, 1.807) is 0 Å². The van der Waals surface area contributed by atoms with Crippen LogP contribution in [0.5, 0.6) is 0 Å². The van der Waals surface area contributed by atoms with Crippen molar-refractivity contribution >= 4 is 5.97 Å². The summed E-state index contributed by atoms with van der Waals surface area (Å²) >= 11 is 0. The number of carboxylic acids is 1. The van der Waals surface area contributed by atoms with Crippen LogP contribution in [0.15, 0.2) is 10.6 Å². The summed E-state index contributed by atoms with van der Waals surface area (Å²) in [6, 6.07) is 0.746. The third kappa shape index (κ3) is 2.77. The van der Waals surface area contributed by atoms with Gasteiger partial charge in [-0.05, 0) is 0 Å². The van der Waals surface area contributed by atoms with Gasteiger partial charge in [0.05, 0.1) is 0 Å². The number of aromatic nitrogens is 1. The second kappa shape index (κ2) is 3.08. The van der Waals surface area contributed by atoms with Crippen molar-refractivity contribution in [2.24, 2.45) is 0 Å². The summed E-state index contributed by atoms with van der Waals surface area (Å²) in [4.78, 5) is 10.2. The molecule has 13 heavy (non-hydrogen) atoms. The molecular formula is C6H4F3NO3. The summed E-state index contributed by atoms with van der Waals surface area (Å²) in [6.07, 6.45) is -5.73. The zero-order valence-electron chi connectivity index (χ0n) is 6.13. The SMILES string of the molecule is O=C(O)c1cc(CC(F)(F)F)on1. The first kappa shape index (κ1) is 9.56. The minimum Gasteiger partial charge on any atom is -0.476 e. The van der Waals surface area contributed by atoms with Gasteiger partial charge in [0, 0.05) is 6.07 Å². The molecule has 0 saturated carbocycles. The van der Waals surface area contributed by atoms with E-state index in [4.69, 9.17) is 5.11 Å². The number of rotatable bonds is 2. The van der Waals surface area contributed by atoms with Gasteiger partial charge in [-0.1, -0.05) is 5.16 Å². The molecule has 0 bridgehead atoms. The lowest BCUT2D eigenvalue weighted by molar-refractivity contribution is -0.130. The fraction of sp³-hybridized carbons (Fsp3) is 0.333. The first-order chi connectivity index (χ1) is 5.88. The predicted molar refractivity (Wildman–Crippen MR) is 33.2 cm³/mol. The number of carbonyl (C=O) groups is 1. The average Bonchev–Trinajstić information content (AvgIpc) is 2.31. The van der Waals surface area contributed by atoms with Gasteiger partial charge in [-0.3, -0.25) is 0 Å². The Kier molecular flexibility index (Phi) is 2.26. The largest absolute Gasteiger partial charge is 0.476 e. The van der Waals surface area contributed by atoms with Crippen molar-refractivity contribution in [3.05, 3.63) is 17.5 Å². The highest BCUT2D eigenvalue weighted by Crippen LogP contribution is 2.21. The normalized spacial score (nSPS) is 11.6. The molecule has 0 spiro atoms. The van der Waals surface area contributed by atoms with Crippen molar-refractivity contribution in [3.8, 4) is 0 Å². The van der Waals surface area contributed by atoms with E-state index in [2.05, 4.69) is 9.68 Å². The van der Waals surface area contributed by atoms with Crippen molar-refractivity contribution in [2.45, 2.75) is 12.6 Å². The lowest BCUT2D eigenvalue weighted by Crippen LogP contribution is -2.10. The van der Waals surface area contributed by atoms with E-state index in [-0.39, 0.29) is 0 Å². The van der Waals surface area contributed by atoms with E-state index >= 15 is 0 Å². The van der Waals surface area contributed by atoms with Gasteiger partial charge in [-0.25, -0.2) is 4.79 Å². The molecule has 1 aromatic rings. The summed E-state index contributed by atoms with van der Waals surface area (Å²) in [6.45, 7) is 0. The highest BCUT2D eigenvalue weighted by molar-refractivity contribution is 5.85. The summed E-state index contributed by atoms with van der Waals surface area (Å²) in [5.41, 5.74) is -0.528. The van der Waals surface area contributed by atoms with Crippen LogP contribution in [-0.4, -0.2) is 22.4 Å². The van der Waals surface area contributed by atoms with Gasteiger partial charge in [0.1, 0.15) is 12.2 Å². The number of hydrogen-bond acceptors (Lipinski definition) is 3. The van der Waals surface area contributed by atoms with Gasteiger partial charge >= 0.3 is 12.1 Å². The van der Waals surface area contributed by atoms with Crippen molar-refractivity contribution < 1.29 is 27.6 Å². The Morgan fingerprint density at radius 1 is 1.62 bits per heavy atom. The molecule has 0 aromatic carbocycles. The molecule has 0 aliphatic carbocycles. The zero-order chi connectivity index (χ0) is 10.1. The maximum Gasteiger partial charge on any atom is 0.396 e. The van der Waals surface area contributed by atoms with Crippen LogP contribution >= 0.6 is 0 Å². The van der Waals surface area contributed by atoms with Crippen LogP contribution in [0.3, 0.4) is 0 Å². The highest BCUT2D eigenvalue weighted by Gasteiger charge is 2.30. The molecule has 72 valence electrons. The van der Waals surface area contributed by atoms with E-state index < -0.39 is 30.0 Å². The van der Waals surface area contributed by atoms with Crippen LogP contribution in [-0.2, 0) is 6.42 Å². The molecule has 0 unspecified atom stereocenters. The topological polar surface area (TPSA) is 63.3 Å². The van der Waals surface area contributed by atoms with Crippen LogP contribution in [0.4, 0.5) is 13.2 Å². The minimum absolute atomic E-state index is 0.509. The lowest BCUT2D eigenvalue weighted by Gasteiger charge is -2.00. The van der Waals surface area contributed by atoms with Gasteiger partial charge in [0.15, 0.2) is 5.69 Å². The van der Waals surface area contributed by atoms with Crippen LogP contribution in [0, 0.1) is 0 Å². The second-order valence-electron chi connectivity index (χ2n) is 2.28. The maximum absolute atomic E-state index is 11.7. The minimum atomic E-state index is -4.42. The summed E-state index contributed by atoms with van der Waals surface area (Å²) < 4.78 is 39.3. The Hall–Kier alpha value is -1.53. The fourth-order valence-corrected chi connectivity index (χ4v) is 0.695. The monoisotopic (exact) mass is 195 g/mol. The Morgan fingerprint density at radius 3 is 2.62 bits per heavy atom. The van der Waals surface area contributed by atoms with Gasteiger partial charge in [-0.2, -0.15) is 13.2 Å². The maximum atomic E-state index is 11.7. The van der Waals surface area contributed by atoms with Crippen molar-refractivity contribution in [1.82, 2.24) is 5.16 Å². The summed E-state index contributed by atoms with van der Waals surface area (Å²) in [5.74, 6) is -1.93. The molecule has 1 aromatic heterocycles. The third-order valence-corrected chi connectivity index (χ3v) is 1.15. The highest BCUT2D eigenvalue weighted by atomic mass is 19.4. The molecule has 1 rings (SSSR count). The van der Waals surface area contributed by atoms with Gasteiger partial charge in [-0.15, -0.1) is 0 Å². The first-order valence-electron chi connectivity index (χ1n) is 3.14. The van der Waals surface area contributed by atoms with Crippen molar-refractivity contribution in [3.63, 3.8) is 0 Å². The molecule has 1 N–H and O–H groups in total. The molecule has 0 saturated heterocycles. The van der Waals surface area contributed by atoms with E-state index in [1.807, 2.05) is 0 Å². The average molecular weight is 195 g/mol. The third-order valence-electron chi connectivity index (χ3n) is 1.15. The molecule has 4 nitrogen and oxygen atoms in total. The Morgan fingerprint density at radius 2 is 2.23 bits per heavy atom. The summed E-state index contributed by atoms with van der Waals surface area (Å²) in [5, 5.41) is 11.2. The number of hydrogen-bond donors (Lipinski definition) is 1. The molecule has 0 amide bonds. The van der Waals surface area contributed by atoms with Gasteiger partial charge in [0.2, 0.25) is 0 Å². The Labute approximate surface area is 69.9 Å². The fourth-order valence-electron chi connectivity index (χ4n) is 0.695. The van der Waals surface area contributed by atoms with Crippen molar-refractivity contribution in [1.29, 1.82) is 0 Å². The standard InChI is InChI=1S/C6H4F3NO3/c7-6(8,9)2-3-1-4(5(11)12)10-13-3/h1H,2H2,(H,11,12). The molecule has 0 radical (unpaired) electrons. The number of halogens is 3. The van der Waals surface area contributed by atoms with E-state index in [9.17, 15) is 18.0 Å². The molecule has 1 heterocycles. The number of nitrogens with zero attached hydrogens (tertiary/aromatic N) is 1. The van der Waals surface area contributed by atoms with Crippen LogP contribution < -0.4 is 0 Å². The smallest absolute Gasteiger partial charge is 0.396 e. The first-order valence-corrected chi connectivity index (χ1v) is 3.14. The van der Waals surface area contributed by atoms with Gasteiger partial charge in [0.25, 0.3) is 0 Å². The zero-order valence-corrected chi connectivity index (χ0v) is 6.13. The van der Waals surface area contributed by atoms with Crippen LogP contribution in [0.25, 0.3) is 0 Å². The number of alkyl halides is 3. The quantitative estimate of drug-likeness (QED) is 0.776.